The molecule has 0 aliphatic heterocycles. The number of nitrogens with two attached hydrogens (primary N) is 1. The van der Waals surface area contributed by atoms with E-state index in [1.54, 1.807) is 19.1 Å². The van der Waals surface area contributed by atoms with E-state index in [0.29, 0.717) is 12.2 Å². The highest BCUT2D eigenvalue weighted by Crippen LogP contribution is 2.15. The monoisotopic (exact) mass is 316 g/mol. The second kappa shape index (κ2) is 7.12. The minimum Gasteiger partial charge on any atom is -0.389 e. The maximum Gasteiger partial charge on any atom is 0.240 e. The van der Waals surface area contributed by atoms with Crippen LogP contribution in [0.5, 0.6) is 0 Å². The average molecular weight is 316 g/mol. The van der Waals surface area contributed by atoms with E-state index in [-0.39, 0.29) is 22.5 Å². The third kappa shape index (κ3) is 4.52. The summed E-state index contributed by atoms with van der Waals surface area (Å²) in [6.45, 7) is 6.23. The van der Waals surface area contributed by atoms with Crippen LogP contribution in [-0.2, 0) is 14.8 Å². The summed E-state index contributed by atoms with van der Waals surface area (Å²) in [6, 6.07) is 4.68. The maximum atomic E-state index is 12.1. The Labute approximate surface area is 125 Å². The number of benzene rings is 1. The topological polar surface area (TPSA) is 81.4 Å². The van der Waals surface area contributed by atoms with Crippen LogP contribution in [-0.4, -0.2) is 32.7 Å². The summed E-state index contributed by atoms with van der Waals surface area (Å²) >= 11 is 4.90. The van der Waals surface area contributed by atoms with Gasteiger partial charge in [0.05, 0.1) is 11.0 Å². The highest BCUT2D eigenvalue weighted by Gasteiger charge is 2.16. The molecule has 0 saturated carbocycles. The van der Waals surface area contributed by atoms with Crippen LogP contribution >= 0.6 is 12.2 Å². The number of aryl methyl sites for hydroxylation is 1. The Bertz CT molecular complexity index is 585. The number of sulfonamides is 1. The molecule has 7 heteroatoms. The van der Waals surface area contributed by atoms with Crippen LogP contribution in [0.2, 0.25) is 0 Å². The number of nitrogens with one attached hydrogen (secondary N) is 1. The SMILES string of the molecule is CCOC(C)CNS(=O)(=O)c1ccc(C(N)=S)c(C)c1. The molecule has 0 saturated heterocycles. The molecule has 0 aliphatic rings. The van der Waals surface area contributed by atoms with Crippen molar-refractivity contribution in [3.05, 3.63) is 29.3 Å². The van der Waals surface area contributed by atoms with E-state index in [4.69, 9.17) is 22.7 Å². The standard InChI is InChI=1S/C13H20N2O3S2/c1-4-18-10(3)8-15-20(16,17)11-5-6-12(13(14)19)9(2)7-11/h5-7,10,15H,4,8H2,1-3H3,(H2,14,19). The molecule has 5 nitrogen and oxygen atoms in total. The van der Waals surface area contributed by atoms with Crippen molar-refractivity contribution in [3.63, 3.8) is 0 Å². The fourth-order valence-electron chi connectivity index (χ4n) is 1.73. The normalized spacial score (nSPS) is 13.2. The van der Waals surface area contributed by atoms with Crippen molar-refractivity contribution in [1.29, 1.82) is 0 Å². The Balaban J connectivity index is 2.88. The molecule has 20 heavy (non-hydrogen) atoms. The van der Waals surface area contributed by atoms with E-state index >= 15 is 0 Å². The lowest BCUT2D eigenvalue weighted by atomic mass is 10.1. The lowest BCUT2D eigenvalue weighted by Crippen LogP contribution is -2.32. The molecule has 0 aromatic heterocycles. The highest BCUT2D eigenvalue weighted by atomic mass is 32.2. The first-order valence-electron chi connectivity index (χ1n) is 6.29. The minimum atomic E-state index is -3.55. The van der Waals surface area contributed by atoms with Gasteiger partial charge in [0.15, 0.2) is 0 Å². The number of hydrogen-bond donors (Lipinski definition) is 2. The Morgan fingerprint density at radius 1 is 1.50 bits per heavy atom. The average Bonchev–Trinajstić information content (AvgIpc) is 2.36. The van der Waals surface area contributed by atoms with Gasteiger partial charge in [0.25, 0.3) is 0 Å². The molecule has 0 heterocycles. The Morgan fingerprint density at radius 2 is 2.15 bits per heavy atom. The Kier molecular flexibility index (Phi) is 6.07. The second-order valence-corrected chi connectivity index (χ2v) is 6.67. The van der Waals surface area contributed by atoms with Crippen LogP contribution in [0, 0.1) is 6.92 Å². The van der Waals surface area contributed by atoms with Gasteiger partial charge in [0, 0.05) is 18.7 Å². The number of rotatable bonds is 7. The molecule has 0 spiro atoms. The van der Waals surface area contributed by atoms with Crippen LogP contribution in [0.15, 0.2) is 23.1 Å². The first-order valence-corrected chi connectivity index (χ1v) is 8.18. The van der Waals surface area contributed by atoms with Crippen LogP contribution in [0.4, 0.5) is 0 Å². The summed E-state index contributed by atoms with van der Waals surface area (Å²) in [5, 5.41) is 0. The third-order valence-electron chi connectivity index (χ3n) is 2.79. The molecule has 0 bridgehead atoms. The van der Waals surface area contributed by atoms with Crippen LogP contribution < -0.4 is 10.5 Å². The zero-order valence-electron chi connectivity index (χ0n) is 11.8. The van der Waals surface area contributed by atoms with Crippen molar-refractivity contribution in [1.82, 2.24) is 4.72 Å². The summed E-state index contributed by atoms with van der Waals surface area (Å²) in [5.41, 5.74) is 6.97. The molecule has 1 aromatic carbocycles. The van der Waals surface area contributed by atoms with Crippen molar-refractivity contribution in [2.24, 2.45) is 5.73 Å². The molecule has 112 valence electrons. The van der Waals surface area contributed by atoms with Gasteiger partial charge in [-0.25, -0.2) is 13.1 Å². The second-order valence-electron chi connectivity index (χ2n) is 4.46. The number of hydrogen-bond acceptors (Lipinski definition) is 4. The summed E-state index contributed by atoms with van der Waals surface area (Å²) < 4.78 is 32.1. The van der Waals surface area contributed by atoms with Gasteiger partial charge in [-0.1, -0.05) is 18.3 Å². The van der Waals surface area contributed by atoms with Gasteiger partial charge in [-0.05, 0) is 38.5 Å². The minimum absolute atomic E-state index is 0.174. The van der Waals surface area contributed by atoms with Gasteiger partial charge < -0.3 is 10.5 Å². The smallest absolute Gasteiger partial charge is 0.240 e. The van der Waals surface area contributed by atoms with E-state index in [1.165, 1.54) is 6.07 Å². The number of thiocarbonyl (C=S) groups is 1. The molecular weight excluding hydrogens is 296 g/mol. The summed E-state index contributed by atoms with van der Waals surface area (Å²) in [5.74, 6) is 0. The number of ether oxygens (including phenoxy) is 1. The molecule has 0 fully saturated rings. The van der Waals surface area contributed by atoms with Crippen LogP contribution in [0.3, 0.4) is 0 Å². The predicted octanol–water partition coefficient (Wildman–Crippen LogP) is 1.33. The van der Waals surface area contributed by atoms with Gasteiger partial charge >= 0.3 is 0 Å². The van der Waals surface area contributed by atoms with Crippen molar-refractivity contribution in [2.75, 3.05) is 13.2 Å². The van der Waals surface area contributed by atoms with Gasteiger partial charge in [-0.2, -0.15) is 0 Å². The zero-order valence-corrected chi connectivity index (χ0v) is 13.5. The molecule has 0 aliphatic carbocycles. The molecule has 1 unspecified atom stereocenters. The predicted molar refractivity (Wildman–Crippen MR) is 83.3 cm³/mol. The van der Waals surface area contributed by atoms with E-state index < -0.39 is 10.0 Å². The van der Waals surface area contributed by atoms with Gasteiger partial charge in [0.2, 0.25) is 10.0 Å². The lowest BCUT2D eigenvalue weighted by molar-refractivity contribution is 0.0799. The molecule has 1 atom stereocenters. The fraction of sp³-hybridized carbons (Fsp3) is 0.462. The molecule has 0 radical (unpaired) electrons. The van der Waals surface area contributed by atoms with Gasteiger partial charge in [-0.15, -0.1) is 0 Å². The van der Waals surface area contributed by atoms with E-state index in [9.17, 15) is 8.42 Å². The van der Waals surface area contributed by atoms with E-state index in [0.717, 1.165) is 5.56 Å². The maximum absolute atomic E-state index is 12.1. The lowest BCUT2D eigenvalue weighted by Gasteiger charge is -2.13. The molecule has 0 amide bonds. The summed E-state index contributed by atoms with van der Waals surface area (Å²) in [7, 11) is -3.55. The summed E-state index contributed by atoms with van der Waals surface area (Å²) in [6.07, 6.45) is -0.174. The summed E-state index contributed by atoms with van der Waals surface area (Å²) in [4.78, 5) is 0.447. The first-order chi connectivity index (χ1) is 9.27. The largest absolute Gasteiger partial charge is 0.389 e. The third-order valence-corrected chi connectivity index (χ3v) is 4.43. The Morgan fingerprint density at radius 3 is 2.65 bits per heavy atom. The molecule has 3 N–H and O–H groups in total. The quantitative estimate of drug-likeness (QED) is 0.742. The Hall–Kier alpha value is -1.02. The molecule has 1 aromatic rings. The van der Waals surface area contributed by atoms with Gasteiger partial charge in [0.1, 0.15) is 4.99 Å². The van der Waals surface area contributed by atoms with Crippen molar-refractivity contribution in [2.45, 2.75) is 31.8 Å². The van der Waals surface area contributed by atoms with Crippen molar-refractivity contribution >= 4 is 27.2 Å². The van der Waals surface area contributed by atoms with Gasteiger partial charge in [-0.3, -0.25) is 0 Å². The van der Waals surface area contributed by atoms with Crippen LogP contribution in [0.25, 0.3) is 0 Å². The molecular formula is C13H20N2O3S2. The fourth-order valence-corrected chi connectivity index (χ4v) is 3.16. The van der Waals surface area contributed by atoms with E-state index in [2.05, 4.69) is 4.72 Å². The van der Waals surface area contributed by atoms with Crippen molar-refractivity contribution < 1.29 is 13.2 Å². The molecule has 1 rings (SSSR count). The highest BCUT2D eigenvalue weighted by molar-refractivity contribution is 7.89. The van der Waals surface area contributed by atoms with Crippen molar-refractivity contribution in [3.8, 4) is 0 Å². The van der Waals surface area contributed by atoms with Crippen LogP contribution in [0.1, 0.15) is 25.0 Å². The first kappa shape index (κ1) is 17.0. The zero-order chi connectivity index (χ0) is 15.3. The van der Waals surface area contributed by atoms with E-state index in [1.807, 2.05) is 13.8 Å².